The summed E-state index contributed by atoms with van der Waals surface area (Å²) in [7, 11) is 0. The van der Waals surface area contributed by atoms with Gasteiger partial charge in [-0.25, -0.2) is 4.39 Å². The third-order valence-corrected chi connectivity index (χ3v) is 6.82. The molecule has 2 heterocycles. The number of nitrogens with zero attached hydrogens (tertiary/aromatic N) is 2. The van der Waals surface area contributed by atoms with Gasteiger partial charge < -0.3 is 25.2 Å². The molecule has 0 bridgehead atoms. The van der Waals surface area contributed by atoms with E-state index in [1.165, 1.54) is 12.1 Å². The van der Waals surface area contributed by atoms with Gasteiger partial charge in [-0.2, -0.15) is 0 Å². The van der Waals surface area contributed by atoms with Crippen LogP contribution in [0.25, 0.3) is 22.4 Å². The second kappa shape index (κ2) is 15.4. The Morgan fingerprint density at radius 1 is 0.952 bits per heavy atom. The standard InChI is InChI=1S/C32H34FN3O5.Ca.2H/c1-20(2)30-29(32(41)35-24-9-6-15-34-19-24)28(21-7-4-3-5-8-21)31(22-10-12-23(33)13-11-22)36(30)16-14-25(37)17-26(38)18-27(39)40;;;/h3-13,15,19-20,25-26,37-38H,14,16-18H2,1-2H3,(H,35,41)(H,39,40);;;/t25-,26-;;;/m1.../s1. The number of benzene rings is 2. The molecule has 8 nitrogen and oxygen atoms in total. The van der Waals surface area contributed by atoms with Gasteiger partial charge in [0.25, 0.3) is 5.91 Å². The number of hydrogen-bond acceptors (Lipinski definition) is 5. The van der Waals surface area contributed by atoms with Crippen molar-refractivity contribution in [2.45, 2.75) is 57.8 Å². The van der Waals surface area contributed by atoms with Crippen molar-refractivity contribution in [2.75, 3.05) is 5.32 Å². The number of anilines is 1. The van der Waals surface area contributed by atoms with E-state index in [4.69, 9.17) is 5.11 Å². The molecule has 2 aromatic heterocycles. The Balaban J connectivity index is 0.00000484. The Bertz CT molecular complexity index is 1480. The molecule has 0 saturated heterocycles. The molecule has 1 amide bonds. The van der Waals surface area contributed by atoms with Crippen molar-refractivity contribution in [3.8, 4) is 22.4 Å². The van der Waals surface area contributed by atoms with E-state index >= 15 is 0 Å². The Morgan fingerprint density at radius 3 is 2.24 bits per heavy atom. The Morgan fingerprint density at radius 2 is 1.64 bits per heavy atom. The van der Waals surface area contributed by atoms with E-state index < -0.39 is 30.4 Å². The number of aromatic nitrogens is 2. The summed E-state index contributed by atoms with van der Waals surface area (Å²) in [5, 5.41) is 32.7. The van der Waals surface area contributed by atoms with Crippen molar-refractivity contribution in [3.05, 3.63) is 96.2 Å². The molecule has 0 radical (unpaired) electrons. The number of carbonyl (C=O) groups excluding carboxylic acids is 1. The minimum atomic E-state index is -1.19. The number of hydrogen-bond donors (Lipinski definition) is 4. The molecule has 0 fully saturated rings. The van der Waals surface area contributed by atoms with Crippen LogP contribution in [0.3, 0.4) is 0 Å². The van der Waals surface area contributed by atoms with Crippen LogP contribution >= 0.6 is 0 Å². The van der Waals surface area contributed by atoms with Gasteiger partial charge >= 0.3 is 43.7 Å². The predicted molar refractivity (Wildman–Crippen MR) is 164 cm³/mol. The number of aliphatic hydroxyl groups excluding tert-OH is 2. The molecule has 10 heteroatoms. The number of carbonyl (C=O) groups is 2. The summed E-state index contributed by atoms with van der Waals surface area (Å²) < 4.78 is 16.0. The number of halogens is 1. The van der Waals surface area contributed by atoms with Crippen molar-refractivity contribution in [1.29, 1.82) is 0 Å². The zero-order valence-corrected chi connectivity index (χ0v) is 23.0. The first kappa shape index (κ1) is 33.4. The van der Waals surface area contributed by atoms with Gasteiger partial charge in [-0.15, -0.1) is 0 Å². The van der Waals surface area contributed by atoms with E-state index in [1.807, 2.05) is 48.7 Å². The fourth-order valence-electron chi connectivity index (χ4n) is 5.12. The summed E-state index contributed by atoms with van der Waals surface area (Å²) in [6.07, 6.45) is 0.635. The van der Waals surface area contributed by atoms with Gasteiger partial charge in [0.15, 0.2) is 0 Å². The van der Waals surface area contributed by atoms with E-state index in [0.29, 0.717) is 28.1 Å². The molecule has 2 atom stereocenters. The number of pyridine rings is 1. The third-order valence-electron chi connectivity index (χ3n) is 6.82. The summed E-state index contributed by atoms with van der Waals surface area (Å²) in [5.74, 6) is -2.00. The summed E-state index contributed by atoms with van der Waals surface area (Å²) in [6.45, 7) is 4.22. The Labute approximate surface area is 274 Å². The van der Waals surface area contributed by atoms with Gasteiger partial charge in [-0.1, -0.05) is 44.2 Å². The molecule has 4 N–H and O–H groups in total. The van der Waals surface area contributed by atoms with E-state index in [2.05, 4.69) is 10.3 Å². The predicted octanol–water partition coefficient (Wildman–Crippen LogP) is 4.79. The molecule has 2 aromatic carbocycles. The minimum absolute atomic E-state index is 0. The average molecular weight is 602 g/mol. The zero-order valence-electron chi connectivity index (χ0n) is 23.0. The van der Waals surface area contributed by atoms with Crippen molar-refractivity contribution in [1.82, 2.24) is 9.55 Å². The van der Waals surface area contributed by atoms with Crippen LogP contribution in [-0.2, 0) is 11.3 Å². The molecule has 0 unspecified atom stereocenters. The monoisotopic (exact) mass is 601 g/mol. The SMILES string of the molecule is CC(C)c1c(C(=O)Nc2cccnc2)c(-c2ccccc2)c(-c2ccc(F)cc2)n1CC[C@@H](O)C[C@@H](O)CC(=O)O.[CaH2]. The Kier molecular flexibility index (Phi) is 12.3. The molecular formula is C32H36CaFN3O5. The van der Waals surface area contributed by atoms with Gasteiger partial charge in [-0.05, 0) is 66.3 Å². The molecule has 218 valence electrons. The topological polar surface area (TPSA) is 125 Å². The first-order valence-corrected chi connectivity index (χ1v) is 13.5. The van der Waals surface area contributed by atoms with Gasteiger partial charge in [0.1, 0.15) is 5.82 Å². The van der Waals surface area contributed by atoms with Gasteiger partial charge in [-0.3, -0.25) is 14.6 Å². The number of aliphatic carboxylic acids is 1. The summed E-state index contributed by atoms with van der Waals surface area (Å²) >= 11 is 0. The van der Waals surface area contributed by atoms with Crippen LogP contribution in [0, 0.1) is 5.82 Å². The summed E-state index contributed by atoms with van der Waals surface area (Å²) in [6, 6.07) is 19.0. The average Bonchev–Trinajstić information content (AvgIpc) is 3.28. The van der Waals surface area contributed by atoms with Crippen molar-refractivity contribution in [2.24, 2.45) is 0 Å². The van der Waals surface area contributed by atoms with Crippen molar-refractivity contribution >= 4 is 55.3 Å². The van der Waals surface area contributed by atoms with Crippen LogP contribution in [-0.4, -0.2) is 86.7 Å². The van der Waals surface area contributed by atoms with Crippen LogP contribution < -0.4 is 5.32 Å². The zero-order chi connectivity index (χ0) is 29.5. The van der Waals surface area contributed by atoms with E-state index in [0.717, 1.165) is 11.3 Å². The van der Waals surface area contributed by atoms with Crippen LogP contribution in [0.1, 0.15) is 55.1 Å². The van der Waals surface area contributed by atoms with Crippen molar-refractivity contribution in [3.63, 3.8) is 0 Å². The van der Waals surface area contributed by atoms with E-state index in [1.54, 1.807) is 36.7 Å². The molecule has 0 aliphatic rings. The first-order valence-electron chi connectivity index (χ1n) is 13.5. The Hall–Kier alpha value is -3.08. The van der Waals surface area contributed by atoms with Crippen LogP contribution in [0.4, 0.5) is 10.1 Å². The van der Waals surface area contributed by atoms with Crippen LogP contribution in [0.2, 0.25) is 0 Å². The number of carboxylic acids is 1. The second-order valence-corrected chi connectivity index (χ2v) is 10.3. The quantitative estimate of drug-likeness (QED) is 0.173. The number of aliphatic hydroxyl groups is 2. The van der Waals surface area contributed by atoms with Gasteiger partial charge in [0.2, 0.25) is 0 Å². The number of nitrogens with one attached hydrogen (secondary N) is 1. The molecule has 0 saturated carbocycles. The van der Waals surface area contributed by atoms with Gasteiger partial charge in [0, 0.05) is 24.0 Å². The fourth-order valence-corrected chi connectivity index (χ4v) is 5.12. The number of rotatable bonds is 12. The van der Waals surface area contributed by atoms with Gasteiger partial charge in [0.05, 0.1) is 41.8 Å². The molecular weight excluding hydrogens is 565 g/mol. The summed E-state index contributed by atoms with van der Waals surface area (Å²) in [5.41, 5.74) is 4.55. The number of carboxylic acid groups (broad SMARTS) is 1. The second-order valence-electron chi connectivity index (χ2n) is 10.3. The maximum atomic E-state index is 14.0. The molecule has 4 rings (SSSR count). The maximum absolute atomic E-state index is 14.0. The van der Waals surface area contributed by atoms with Crippen LogP contribution in [0.5, 0.6) is 0 Å². The molecule has 0 spiro atoms. The molecule has 0 aliphatic heterocycles. The normalized spacial score (nSPS) is 12.4. The first-order chi connectivity index (χ1) is 19.7. The summed E-state index contributed by atoms with van der Waals surface area (Å²) in [4.78, 5) is 29.1. The van der Waals surface area contributed by atoms with Crippen LogP contribution in [0.15, 0.2) is 79.1 Å². The van der Waals surface area contributed by atoms with Crippen molar-refractivity contribution < 1.29 is 29.3 Å². The number of amides is 1. The van der Waals surface area contributed by atoms with E-state index in [9.17, 15) is 24.2 Å². The third kappa shape index (κ3) is 8.26. The van der Waals surface area contributed by atoms with E-state index in [-0.39, 0.29) is 68.9 Å². The molecule has 42 heavy (non-hydrogen) atoms. The molecule has 4 aromatic rings. The molecule has 0 aliphatic carbocycles. The fraction of sp³-hybridized carbons (Fsp3) is 0.281.